The van der Waals surface area contributed by atoms with Crippen molar-refractivity contribution in [1.82, 2.24) is 0 Å². The van der Waals surface area contributed by atoms with Gasteiger partial charge in [0.05, 0.1) is 0 Å². The van der Waals surface area contributed by atoms with Gasteiger partial charge in [-0.15, -0.1) is 13.2 Å². The number of hydrogen-bond acceptors (Lipinski definition) is 3. The first kappa shape index (κ1) is 19.2. The van der Waals surface area contributed by atoms with Crippen LogP contribution in [0.15, 0.2) is 61.7 Å². The highest BCUT2D eigenvalue weighted by Gasteiger charge is 2.39. The maximum Gasteiger partial charge on any atom is 0.192 e. The van der Waals surface area contributed by atoms with Crippen molar-refractivity contribution < 1.29 is 4.79 Å². The van der Waals surface area contributed by atoms with Gasteiger partial charge >= 0.3 is 0 Å². The van der Waals surface area contributed by atoms with Gasteiger partial charge in [0, 0.05) is 49.7 Å². The molecular weight excluding hydrogens is 348 g/mol. The molecule has 0 amide bonds. The second-order valence-electron chi connectivity index (χ2n) is 7.79. The fourth-order valence-electron chi connectivity index (χ4n) is 3.86. The maximum atomic E-state index is 13.2. The van der Waals surface area contributed by atoms with Gasteiger partial charge < -0.3 is 9.80 Å². The minimum Gasteiger partial charge on any atom is -0.378 e. The van der Waals surface area contributed by atoms with E-state index in [-0.39, 0.29) is 5.78 Å². The molecule has 1 aliphatic heterocycles. The van der Waals surface area contributed by atoms with Gasteiger partial charge in [0.1, 0.15) is 8.07 Å². The van der Waals surface area contributed by atoms with E-state index in [1.165, 1.54) is 10.4 Å². The first-order valence-corrected chi connectivity index (χ1v) is 12.3. The van der Waals surface area contributed by atoms with E-state index in [1.54, 1.807) is 0 Å². The zero-order valence-corrected chi connectivity index (χ0v) is 17.7. The smallest absolute Gasteiger partial charge is 0.192 e. The van der Waals surface area contributed by atoms with Gasteiger partial charge in [-0.25, -0.2) is 0 Å². The molecule has 0 aliphatic carbocycles. The molecule has 140 valence electrons. The molecule has 0 saturated heterocycles. The van der Waals surface area contributed by atoms with Crippen LogP contribution in [-0.2, 0) is 0 Å². The highest BCUT2D eigenvalue weighted by molar-refractivity contribution is 7.02. The number of rotatable bonds is 6. The summed E-state index contributed by atoms with van der Waals surface area (Å²) < 4.78 is 0. The van der Waals surface area contributed by atoms with Gasteiger partial charge in [0.2, 0.25) is 0 Å². The molecule has 0 spiro atoms. The molecule has 3 rings (SSSR count). The van der Waals surface area contributed by atoms with Crippen molar-refractivity contribution >= 4 is 35.6 Å². The van der Waals surface area contributed by atoms with Crippen LogP contribution in [0.4, 0.5) is 11.4 Å². The summed E-state index contributed by atoms with van der Waals surface area (Å²) in [5.74, 6) is 0.141. The number of benzene rings is 2. The number of fused-ring (bicyclic) bond motifs is 2. The average Bonchev–Trinajstić information content (AvgIpc) is 2.65. The van der Waals surface area contributed by atoms with Gasteiger partial charge in [0.15, 0.2) is 5.78 Å². The summed E-state index contributed by atoms with van der Waals surface area (Å²) in [6.45, 7) is 13.9. The Kier molecular flexibility index (Phi) is 5.11. The third-order valence-electron chi connectivity index (χ3n) is 5.42. The standard InChI is InChI=1S/C23H28N2OSi/c1-7-13-25(14-8-2)18-10-12-20-22(16-18)27(5,6)21-15-17(24(3)4)9-11-19(21)23(20)26/h7-12,15-16H,1-2,13-14H2,3-6H3. The molecule has 4 heteroatoms. The number of ketones is 1. The SMILES string of the molecule is C=CCN(CC=C)c1ccc2c(c1)[Si](C)(C)c1cc(N(C)C)ccc1C2=O. The van der Waals surface area contributed by atoms with Crippen molar-refractivity contribution in [3.8, 4) is 0 Å². The largest absolute Gasteiger partial charge is 0.378 e. The van der Waals surface area contributed by atoms with Crippen molar-refractivity contribution in [2.24, 2.45) is 0 Å². The van der Waals surface area contributed by atoms with Crippen LogP contribution in [-0.4, -0.2) is 41.0 Å². The van der Waals surface area contributed by atoms with Crippen molar-refractivity contribution in [1.29, 1.82) is 0 Å². The second-order valence-corrected chi connectivity index (χ2v) is 12.1. The topological polar surface area (TPSA) is 23.6 Å². The normalized spacial score (nSPS) is 14.1. The van der Waals surface area contributed by atoms with Gasteiger partial charge in [0.25, 0.3) is 0 Å². The minimum absolute atomic E-state index is 0.141. The van der Waals surface area contributed by atoms with Crippen molar-refractivity contribution in [2.75, 3.05) is 37.0 Å². The zero-order chi connectivity index (χ0) is 19.8. The first-order valence-electron chi connectivity index (χ1n) is 9.29. The van der Waals surface area contributed by atoms with E-state index < -0.39 is 8.07 Å². The molecular formula is C23H28N2OSi. The molecule has 2 aromatic rings. The predicted molar refractivity (Wildman–Crippen MR) is 120 cm³/mol. The molecule has 0 unspecified atom stereocenters. The molecule has 0 fully saturated rings. The summed E-state index contributed by atoms with van der Waals surface area (Å²) in [5, 5.41) is 2.44. The van der Waals surface area contributed by atoms with Crippen molar-refractivity contribution in [2.45, 2.75) is 13.1 Å². The number of carbonyl (C=O) groups is 1. The summed E-state index contributed by atoms with van der Waals surface area (Å²) >= 11 is 0. The van der Waals surface area contributed by atoms with Crippen LogP contribution < -0.4 is 20.2 Å². The minimum atomic E-state index is -2.00. The Bertz CT molecular complexity index is 905. The fourth-order valence-corrected chi connectivity index (χ4v) is 6.90. The van der Waals surface area contributed by atoms with Crippen molar-refractivity contribution in [3.63, 3.8) is 0 Å². The van der Waals surface area contributed by atoms with E-state index in [4.69, 9.17) is 0 Å². The molecule has 0 radical (unpaired) electrons. The Morgan fingerprint density at radius 1 is 0.889 bits per heavy atom. The van der Waals surface area contributed by atoms with Crippen LogP contribution >= 0.6 is 0 Å². The zero-order valence-electron chi connectivity index (χ0n) is 16.7. The molecule has 1 aliphatic rings. The lowest BCUT2D eigenvalue weighted by Gasteiger charge is -2.34. The van der Waals surface area contributed by atoms with Crippen molar-refractivity contribution in [3.05, 3.63) is 72.8 Å². The van der Waals surface area contributed by atoms with E-state index in [0.29, 0.717) is 0 Å². The highest BCUT2D eigenvalue weighted by Crippen LogP contribution is 2.26. The predicted octanol–water partition coefficient (Wildman–Crippen LogP) is 3.30. The van der Waals surface area contributed by atoms with Gasteiger partial charge in [-0.2, -0.15) is 0 Å². The van der Waals surface area contributed by atoms with Crippen LogP contribution in [0.2, 0.25) is 13.1 Å². The Labute approximate surface area is 163 Å². The molecule has 0 N–H and O–H groups in total. The van der Waals surface area contributed by atoms with E-state index >= 15 is 0 Å². The number of anilines is 2. The summed E-state index contributed by atoms with van der Waals surface area (Å²) in [7, 11) is 2.07. The molecule has 2 aromatic carbocycles. The third-order valence-corrected chi connectivity index (χ3v) is 8.94. The Morgan fingerprint density at radius 3 is 1.85 bits per heavy atom. The Morgan fingerprint density at radius 2 is 1.37 bits per heavy atom. The van der Waals surface area contributed by atoms with Gasteiger partial charge in [-0.1, -0.05) is 25.2 Å². The number of carbonyl (C=O) groups excluding carboxylic acids is 1. The number of nitrogens with zero attached hydrogens (tertiary/aromatic N) is 2. The second kappa shape index (κ2) is 7.20. The van der Waals surface area contributed by atoms with Crippen LogP contribution in [0, 0.1) is 0 Å². The van der Waals surface area contributed by atoms with Crippen LogP contribution in [0.5, 0.6) is 0 Å². The monoisotopic (exact) mass is 376 g/mol. The third kappa shape index (κ3) is 3.25. The summed E-state index contributed by atoms with van der Waals surface area (Å²) in [6, 6.07) is 12.5. The van der Waals surface area contributed by atoms with Crippen LogP contribution in [0.3, 0.4) is 0 Å². The summed E-state index contributed by atoms with van der Waals surface area (Å²) in [6.07, 6.45) is 3.80. The van der Waals surface area contributed by atoms with E-state index in [9.17, 15) is 4.79 Å². The molecule has 1 heterocycles. The molecule has 0 bridgehead atoms. The maximum absolute atomic E-state index is 13.2. The van der Waals surface area contributed by atoms with Crippen LogP contribution in [0.25, 0.3) is 0 Å². The summed E-state index contributed by atoms with van der Waals surface area (Å²) in [4.78, 5) is 17.5. The quantitative estimate of drug-likeness (QED) is 0.571. The average molecular weight is 377 g/mol. The Hall–Kier alpha value is -2.59. The van der Waals surface area contributed by atoms with E-state index in [0.717, 1.165) is 35.6 Å². The lowest BCUT2D eigenvalue weighted by molar-refractivity contribution is 0.104. The molecule has 27 heavy (non-hydrogen) atoms. The fraction of sp³-hybridized carbons (Fsp3) is 0.261. The first-order chi connectivity index (χ1) is 12.8. The number of hydrogen-bond donors (Lipinski definition) is 0. The molecule has 0 atom stereocenters. The highest BCUT2D eigenvalue weighted by atomic mass is 28.3. The van der Waals surface area contributed by atoms with Gasteiger partial charge in [-0.05, 0) is 46.8 Å². The summed E-state index contributed by atoms with van der Waals surface area (Å²) in [5.41, 5.74) is 3.99. The van der Waals surface area contributed by atoms with E-state index in [2.05, 4.69) is 48.2 Å². The molecule has 3 nitrogen and oxygen atoms in total. The van der Waals surface area contributed by atoms with Crippen LogP contribution in [0.1, 0.15) is 15.9 Å². The molecule has 0 saturated carbocycles. The van der Waals surface area contributed by atoms with Gasteiger partial charge in [-0.3, -0.25) is 4.79 Å². The molecule has 0 aromatic heterocycles. The lowest BCUT2D eigenvalue weighted by atomic mass is 10.0. The van der Waals surface area contributed by atoms with E-state index in [1.807, 2.05) is 50.5 Å². The lowest BCUT2D eigenvalue weighted by Crippen LogP contribution is -2.60. The Balaban J connectivity index is 2.16.